The quantitative estimate of drug-likeness (QED) is 0.722. The predicted octanol–water partition coefficient (Wildman–Crippen LogP) is 3.43. The van der Waals surface area contributed by atoms with E-state index < -0.39 is 6.49 Å². The zero-order valence-electron chi connectivity index (χ0n) is 8.47. The minimum absolute atomic E-state index is 0.609. The summed E-state index contributed by atoms with van der Waals surface area (Å²) in [5.41, 5.74) is 0. The molecular formula is C10H15O2PS. The van der Waals surface area contributed by atoms with Gasteiger partial charge in [0.25, 0.3) is 0 Å². The van der Waals surface area contributed by atoms with Crippen LogP contribution >= 0.6 is 6.49 Å². The van der Waals surface area contributed by atoms with Gasteiger partial charge < -0.3 is 9.05 Å². The van der Waals surface area contributed by atoms with Crippen molar-refractivity contribution in [3.63, 3.8) is 0 Å². The van der Waals surface area contributed by atoms with Crippen molar-refractivity contribution in [1.29, 1.82) is 0 Å². The van der Waals surface area contributed by atoms with Crippen LogP contribution in [0.5, 0.6) is 5.75 Å². The molecule has 2 nitrogen and oxygen atoms in total. The van der Waals surface area contributed by atoms with Crippen LogP contribution < -0.4 is 4.52 Å². The Balaban J connectivity index is 2.71. The molecule has 1 aromatic carbocycles. The second kappa shape index (κ2) is 5.50. The zero-order valence-corrected chi connectivity index (χ0v) is 10.2. The van der Waals surface area contributed by atoms with Crippen LogP contribution in [0.3, 0.4) is 0 Å². The summed E-state index contributed by atoms with van der Waals surface area (Å²) in [6.45, 7) is 2.46. The van der Waals surface area contributed by atoms with Crippen LogP contribution in [0, 0.1) is 0 Å². The molecule has 1 atom stereocenters. The van der Waals surface area contributed by atoms with Gasteiger partial charge >= 0.3 is 0 Å². The first kappa shape index (κ1) is 11.7. The minimum Gasteiger partial charge on any atom is -0.443 e. The molecule has 14 heavy (non-hydrogen) atoms. The van der Waals surface area contributed by atoms with Crippen molar-refractivity contribution in [1.82, 2.24) is 0 Å². The summed E-state index contributed by atoms with van der Waals surface area (Å²) in [6, 6.07) is 9.60. The second-order valence-electron chi connectivity index (χ2n) is 2.75. The molecule has 78 valence electrons. The first-order valence-electron chi connectivity index (χ1n) is 4.68. The molecule has 4 heteroatoms. The van der Waals surface area contributed by atoms with Crippen LogP contribution in [0.2, 0.25) is 0 Å². The van der Waals surface area contributed by atoms with Crippen molar-refractivity contribution in [2.45, 2.75) is 13.8 Å². The van der Waals surface area contributed by atoms with Gasteiger partial charge in [-0.15, -0.1) is 0 Å². The Bertz CT molecular complexity index is 313. The Kier molecular flexibility index (Phi) is 4.59. The van der Waals surface area contributed by atoms with Gasteiger partial charge in [0.2, 0.25) is 6.49 Å². The van der Waals surface area contributed by atoms with E-state index in [1.165, 1.54) is 0 Å². The smallest absolute Gasteiger partial charge is 0.237 e. The Labute approximate surface area is 90.4 Å². The van der Waals surface area contributed by atoms with E-state index in [0.29, 0.717) is 6.61 Å². The highest BCUT2D eigenvalue weighted by Gasteiger charge is 2.16. The Morgan fingerprint density at radius 2 is 1.86 bits per heavy atom. The van der Waals surface area contributed by atoms with Gasteiger partial charge in [-0.25, -0.2) is 0 Å². The lowest BCUT2D eigenvalue weighted by atomic mass is 10.3. The van der Waals surface area contributed by atoms with Crippen molar-refractivity contribution in [3.05, 3.63) is 30.3 Å². The van der Waals surface area contributed by atoms with Crippen LogP contribution in [-0.2, 0) is 16.3 Å². The summed E-state index contributed by atoms with van der Waals surface area (Å²) < 4.78 is 11.2. The number of hydrogen-bond donors (Lipinski definition) is 0. The minimum atomic E-state index is -2.09. The summed E-state index contributed by atoms with van der Waals surface area (Å²) in [5.74, 6) is 0.797. The summed E-state index contributed by atoms with van der Waals surface area (Å²) in [7, 11) is 0. The summed E-state index contributed by atoms with van der Waals surface area (Å²) in [4.78, 5) is 0. The summed E-state index contributed by atoms with van der Waals surface area (Å²) in [5, 5.41) is 0. The Morgan fingerprint density at radius 1 is 1.21 bits per heavy atom. The molecule has 0 N–H and O–H groups in total. The van der Waals surface area contributed by atoms with E-state index in [4.69, 9.17) is 20.9 Å². The molecule has 0 spiro atoms. The van der Waals surface area contributed by atoms with Crippen molar-refractivity contribution >= 4 is 18.3 Å². The molecule has 0 aromatic heterocycles. The normalized spacial score (nSPS) is 14.7. The van der Waals surface area contributed by atoms with E-state index in [1.807, 2.05) is 44.2 Å². The lowest BCUT2D eigenvalue weighted by molar-refractivity contribution is 0.332. The fourth-order valence-corrected chi connectivity index (χ4v) is 2.80. The van der Waals surface area contributed by atoms with E-state index in [0.717, 1.165) is 11.9 Å². The van der Waals surface area contributed by atoms with Gasteiger partial charge in [0.15, 0.2) is 0 Å². The number of para-hydroxylation sites is 1. The van der Waals surface area contributed by atoms with Gasteiger partial charge in [0.1, 0.15) is 5.75 Å². The van der Waals surface area contributed by atoms with E-state index in [2.05, 4.69) is 0 Å². The summed E-state index contributed by atoms with van der Waals surface area (Å²) >= 11 is 5.35. The van der Waals surface area contributed by atoms with E-state index >= 15 is 0 Å². The molecule has 0 aliphatic heterocycles. The van der Waals surface area contributed by atoms with Gasteiger partial charge in [-0.1, -0.05) is 25.1 Å². The molecule has 0 amide bonds. The standard InChI is InChI=1S/C10H15O2PS/c1-3-11-13(14,4-2)12-10-8-6-5-7-9-10/h5-9H,3-4H2,1-2H3. The lowest BCUT2D eigenvalue weighted by Crippen LogP contribution is -1.99. The number of benzene rings is 1. The van der Waals surface area contributed by atoms with Crippen molar-refractivity contribution in [3.8, 4) is 5.75 Å². The van der Waals surface area contributed by atoms with Crippen LogP contribution in [0.4, 0.5) is 0 Å². The molecule has 0 saturated carbocycles. The average Bonchev–Trinajstić information content (AvgIpc) is 2.20. The van der Waals surface area contributed by atoms with Crippen molar-refractivity contribution in [2.24, 2.45) is 0 Å². The predicted molar refractivity (Wildman–Crippen MR) is 63.5 cm³/mol. The maximum atomic E-state index is 5.70. The van der Waals surface area contributed by atoms with Gasteiger partial charge in [0, 0.05) is 6.16 Å². The van der Waals surface area contributed by atoms with E-state index in [9.17, 15) is 0 Å². The average molecular weight is 230 g/mol. The third kappa shape index (κ3) is 3.41. The van der Waals surface area contributed by atoms with Gasteiger partial charge in [-0.3, -0.25) is 0 Å². The zero-order chi connectivity index (χ0) is 10.4. The van der Waals surface area contributed by atoms with Gasteiger partial charge in [0.05, 0.1) is 6.61 Å². The SMILES string of the molecule is CCOP(=S)(CC)Oc1ccccc1. The van der Waals surface area contributed by atoms with Gasteiger partial charge in [-0.05, 0) is 30.9 Å². The number of hydrogen-bond acceptors (Lipinski definition) is 3. The van der Waals surface area contributed by atoms with Crippen LogP contribution in [0.25, 0.3) is 0 Å². The highest BCUT2D eigenvalue weighted by Crippen LogP contribution is 2.47. The fraction of sp³-hybridized carbons (Fsp3) is 0.400. The van der Waals surface area contributed by atoms with Crippen molar-refractivity contribution in [2.75, 3.05) is 12.8 Å². The molecule has 1 unspecified atom stereocenters. The van der Waals surface area contributed by atoms with Crippen LogP contribution in [0.1, 0.15) is 13.8 Å². The molecule has 0 fully saturated rings. The molecule has 0 radical (unpaired) electrons. The third-order valence-electron chi connectivity index (χ3n) is 1.70. The van der Waals surface area contributed by atoms with E-state index in [-0.39, 0.29) is 0 Å². The van der Waals surface area contributed by atoms with Crippen LogP contribution in [0.15, 0.2) is 30.3 Å². The highest BCUT2D eigenvalue weighted by molar-refractivity contribution is 8.10. The molecule has 0 aliphatic rings. The first-order valence-corrected chi connectivity index (χ1v) is 7.50. The topological polar surface area (TPSA) is 18.5 Å². The van der Waals surface area contributed by atoms with Crippen LogP contribution in [-0.4, -0.2) is 12.8 Å². The Morgan fingerprint density at radius 3 is 2.36 bits per heavy atom. The summed E-state index contributed by atoms with van der Waals surface area (Å²) in [6.07, 6.45) is 0.755. The largest absolute Gasteiger partial charge is 0.443 e. The lowest BCUT2D eigenvalue weighted by Gasteiger charge is -2.20. The molecule has 0 bridgehead atoms. The van der Waals surface area contributed by atoms with Crippen molar-refractivity contribution < 1.29 is 9.05 Å². The first-order chi connectivity index (χ1) is 6.70. The number of rotatable bonds is 5. The molecule has 1 aromatic rings. The maximum Gasteiger partial charge on any atom is 0.237 e. The second-order valence-corrected chi connectivity index (χ2v) is 6.71. The Hall–Kier alpha value is -0.370. The fourth-order valence-electron chi connectivity index (χ4n) is 1.02. The monoisotopic (exact) mass is 230 g/mol. The highest BCUT2D eigenvalue weighted by atomic mass is 32.5. The van der Waals surface area contributed by atoms with E-state index in [1.54, 1.807) is 0 Å². The molecule has 1 rings (SSSR count). The molecule has 0 heterocycles. The van der Waals surface area contributed by atoms with Gasteiger partial charge in [-0.2, -0.15) is 0 Å². The third-order valence-corrected chi connectivity index (χ3v) is 4.93. The molecular weight excluding hydrogens is 215 g/mol. The molecule has 0 saturated heterocycles. The maximum absolute atomic E-state index is 5.70. The molecule has 0 aliphatic carbocycles.